The van der Waals surface area contributed by atoms with E-state index in [9.17, 15) is 4.39 Å². The average molecular weight is 290 g/mol. The van der Waals surface area contributed by atoms with Crippen LogP contribution in [-0.4, -0.2) is 12.1 Å². The molecule has 0 amide bonds. The fourth-order valence-electron chi connectivity index (χ4n) is 1.79. The number of nitrogens with two attached hydrogens (primary N) is 1. The van der Waals surface area contributed by atoms with Crippen LogP contribution in [0.1, 0.15) is 11.1 Å². The standard InChI is InChI=1S/C15H15FN2OS/c1-20-13-8-3-2-7-12(13)19-9-10-5-4-6-11(14(10)16)15(17)18/h2-8H,9H2,1H3,(H3,17,18). The van der Waals surface area contributed by atoms with Gasteiger partial charge in [0.1, 0.15) is 24.0 Å². The molecule has 5 heteroatoms. The van der Waals surface area contributed by atoms with Crippen LogP contribution >= 0.6 is 11.8 Å². The summed E-state index contributed by atoms with van der Waals surface area (Å²) in [6.07, 6.45) is 1.96. The molecule has 0 aliphatic carbocycles. The van der Waals surface area contributed by atoms with E-state index in [2.05, 4.69) is 0 Å². The molecule has 0 spiro atoms. The maximum atomic E-state index is 14.1. The van der Waals surface area contributed by atoms with Crippen LogP contribution in [0.25, 0.3) is 0 Å². The van der Waals surface area contributed by atoms with Gasteiger partial charge in [-0.05, 0) is 24.5 Å². The van der Waals surface area contributed by atoms with Crippen LogP contribution in [-0.2, 0) is 6.61 Å². The van der Waals surface area contributed by atoms with Crippen LogP contribution in [0.2, 0.25) is 0 Å². The van der Waals surface area contributed by atoms with Gasteiger partial charge in [-0.3, -0.25) is 5.41 Å². The van der Waals surface area contributed by atoms with Crippen molar-refractivity contribution in [2.45, 2.75) is 11.5 Å². The summed E-state index contributed by atoms with van der Waals surface area (Å²) in [6.45, 7) is 0.102. The van der Waals surface area contributed by atoms with Crippen molar-refractivity contribution < 1.29 is 9.13 Å². The Morgan fingerprint density at radius 1 is 1.25 bits per heavy atom. The van der Waals surface area contributed by atoms with Gasteiger partial charge in [-0.1, -0.05) is 24.3 Å². The Labute approximate surface area is 121 Å². The van der Waals surface area contributed by atoms with Gasteiger partial charge < -0.3 is 10.5 Å². The van der Waals surface area contributed by atoms with E-state index in [1.807, 2.05) is 30.5 Å². The molecule has 2 aromatic carbocycles. The van der Waals surface area contributed by atoms with Crippen molar-refractivity contribution in [3.63, 3.8) is 0 Å². The van der Waals surface area contributed by atoms with Gasteiger partial charge in [0.15, 0.2) is 0 Å². The number of rotatable bonds is 5. The molecule has 20 heavy (non-hydrogen) atoms. The van der Waals surface area contributed by atoms with E-state index in [1.165, 1.54) is 6.07 Å². The molecule has 0 bridgehead atoms. The monoisotopic (exact) mass is 290 g/mol. The van der Waals surface area contributed by atoms with Crippen molar-refractivity contribution in [2.75, 3.05) is 6.26 Å². The fraction of sp³-hybridized carbons (Fsp3) is 0.133. The number of halogens is 1. The van der Waals surface area contributed by atoms with Gasteiger partial charge in [-0.2, -0.15) is 0 Å². The van der Waals surface area contributed by atoms with Crippen LogP contribution in [0.4, 0.5) is 4.39 Å². The van der Waals surface area contributed by atoms with Crippen molar-refractivity contribution in [1.29, 1.82) is 5.41 Å². The van der Waals surface area contributed by atoms with Gasteiger partial charge in [0.2, 0.25) is 0 Å². The predicted molar refractivity (Wildman–Crippen MR) is 80.0 cm³/mol. The number of ether oxygens (including phenoxy) is 1. The quantitative estimate of drug-likeness (QED) is 0.504. The van der Waals surface area contributed by atoms with Crippen molar-refractivity contribution >= 4 is 17.6 Å². The third-order valence-electron chi connectivity index (χ3n) is 2.82. The molecule has 0 aliphatic heterocycles. The summed E-state index contributed by atoms with van der Waals surface area (Å²) in [6, 6.07) is 12.4. The van der Waals surface area contributed by atoms with E-state index < -0.39 is 5.82 Å². The Morgan fingerprint density at radius 2 is 2.00 bits per heavy atom. The predicted octanol–water partition coefficient (Wildman–Crippen LogP) is 3.41. The third kappa shape index (κ3) is 3.11. The maximum Gasteiger partial charge on any atom is 0.140 e. The zero-order chi connectivity index (χ0) is 14.5. The number of nitrogens with one attached hydrogen (secondary N) is 1. The van der Waals surface area contributed by atoms with E-state index in [-0.39, 0.29) is 18.0 Å². The smallest absolute Gasteiger partial charge is 0.140 e. The number of benzene rings is 2. The molecule has 104 valence electrons. The Kier molecular flexibility index (Phi) is 4.63. The minimum Gasteiger partial charge on any atom is -0.488 e. The van der Waals surface area contributed by atoms with Crippen LogP contribution in [0, 0.1) is 11.2 Å². The minimum atomic E-state index is -0.498. The average Bonchev–Trinajstić information content (AvgIpc) is 2.46. The lowest BCUT2D eigenvalue weighted by Crippen LogP contribution is -2.14. The number of para-hydroxylation sites is 1. The topological polar surface area (TPSA) is 59.1 Å². The Morgan fingerprint density at radius 3 is 2.70 bits per heavy atom. The highest BCUT2D eigenvalue weighted by Crippen LogP contribution is 2.28. The molecule has 0 saturated heterocycles. The first-order valence-electron chi connectivity index (χ1n) is 6.01. The zero-order valence-corrected chi connectivity index (χ0v) is 11.8. The van der Waals surface area contributed by atoms with E-state index in [0.717, 1.165) is 4.90 Å². The highest BCUT2D eigenvalue weighted by molar-refractivity contribution is 7.98. The van der Waals surface area contributed by atoms with E-state index in [0.29, 0.717) is 11.3 Å². The molecule has 2 rings (SSSR count). The second-order valence-electron chi connectivity index (χ2n) is 4.13. The van der Waals surface area contributed by atoms with E-state index >= 15 is 0 Å². The van der Waals surface area contributed by atoms with Gasteiger partial charge >= 0.3 is 0 Å². The third-order valence-corrected chi connectivity index (χ3v) is 3.60. The molecule has 2 aromatic rings. The summed E-state index contributed by atoms with van der Waals surface area (Å²) in [5.41, 5.74) is 5.82. The van der Waals surface area contributed by atoms with E-state index in [1.54, 1.807) is 23.9 Å². The molecule has 3 nitrogen and oxygen atoms in total. The molecular weight excluding hydrogens is 275 g/mol. The Bertz CT molecular complexity index is 631. The molecule has 0 fully saturated rings. The van der Waals surface area contributed by atoms with Crippen molar-refractivity contribution in [1.82, 2.24) is 0 Å². The summed E-state index contributed by atoms with van der Waals surface area (Å²) in [7, 11) is 0. The molecule has 0 saturated carbocycles. The Hall–Kier alpha value is -2.01. The molecule has 0 unspecified atom stereocenters. The zero-order valence-electron chi connectivity index (χ0n) is 11.0. The van der Waals surface area contributed by atoms with Gasteiger partial charge in [-0.15, -0.1) is 11.8 Å². The lowest BCUT2D eigenvalue weighted by atomic mass is 10.1. The molecular formula is C15H15FN2OS. The number of amidine groups is 1. The Balaban J connectivity index is 2.19. The summed E-state index contributed by atoms with van der Waals surface area (Å²) in [4.78, 5) is 0.996. The largest absolute Gasteiger partial charge is 0.488 e. The maximum absolute atomic E-state index is 14.1. The summed E-state index contributed by atoms with van der Waals surface area (Å²) in [5, 5.41) is 7.33. The van der Waals surface area contributed by atoms with Crippen molar-refractivity contribution in [3.05, 3.63) is 59.4 Å². The van der Waals surface area contributed by atoms with Gasteiger partial charge in [-0.25, -0.2) is 4.39 Å². The normalized spacial score (nSPS) is 10.3. The van der Waals surface area contributed by atoms with Crippen LogP contribution in [0.3, 0.4) is 0 Å². The van der Waals surface area contributed by atoms with E-state index in [4.69, 9.17) is 15.9 Å². The second kappa shape index (κ2) is 6.43. The minimum absolute atomic E-state index is 0.101. The van der Waals surface area contributed by atoms with Gasteiger partial charge in [0, 0.05) is 10.5 Å². The van der Waals surface area contributed by atoms with Crippen LogP contribution in [0.5, 0.6) is 5.75 Å². The van der Waals surface area contributed by atoms with Gasteiger partial charge in [0.05, 0.1) is 5.56 Å². The first kappa shape index (κ1) is 14.4. The highest BCUT2D eigenvalue weighted by Gasteiger charge is 2.11. The van der Waals surface area contributed by atoms with Crippen LogP contribution < -0.4 is 10.5 Å². The number of hydrogen-bond acceptors (Lipinski definition) is 3. The number of nitrogen functional groups attached to an aromatic ring is 1. The van der Waals surface area contributed by atoms with Crippen LogP contribution in [0.15, 0.2) is 47.4 Å². The molecule has 0 heterocycles. The lowest BCUT2D eigenvalue weighted by Gasteiger charge is -2.11. The summed E-state index contributed by atoms with van der Waals surface area (Å²) in [5.74, 6) is -0.0666. The molecule has 0 aromatic heterocycles. The molecule has 3 N–H and O–H groups in total. The van der Waals surface area contributed by atoms with Gasteiger partial charge in [0.25, 0.3) is 0 Å². The first-order chi connectivity index (χ1) is 9.63. The van der Waals surface area contributed by atoms with Crippen molar-refractivity contribution in [2.24, 2.45) is 5.73 Å². The highest BCUT2D eigenvalue weighted by atomic mass is 32.2. The summed E-state index contributed by atoms with van der Waals surface area (Å²) >= 11 is 1.57. The van der Waals surface area contributed by atoms with Crippen molar-refractivity contribution in [3.8, 4) is 5.75 Å². The number of thioether (sulfide) groups is 1. The molecule has 0 atom stereocenters. The second-order valence-corrected chi connectivity index (χ2v) is 4.98. The summed E-state index contributed by atoms with van der Waals surface area (Å²) < 4.78 is 19.8. The number of hydrogen-bond donors (Lipinski definition) is 2. The SMILES string of the molecule is CSc1ccccc1OCc1cccc(C(=N)N)c1F. The fourth-order valence-corrected chi connectivity index (χ4v) is 2.34. The lowest BCUT2D eigenvalue weighted by molar-refractivity contribution is 0.293. The first-order valence-corrected chi connectivity index (χ1v) is 7.23. The molecule has 0 aliphatic rings. The molecule has 0 radical (unpaired) electrons.